The van der Waals surface area contributed by atoms with Gasteiger partial charge in [0.2, 0.25) is 0 Å². The first-order valence-corrected chi connectivity index (χ1v) is 12.1. The second-order valence-corrected chi connectivity index (χ2v) is 11.0. The monoisotopic (exact) mass is 416 g/mol. The summed E-state index contributed by atoms with van der Waals surface area (Å²) in [5, 5.41) is 3.90. The predicted octanol–water partition coefficient (Wildman–Crippen LogP) is 3.14. The van der Waals surface area contributed by atoms with Crippen LogP contribution in [0.2, 0.25) is 0 Å². The number of rotatable bonds is 6. The van der Waals surface area contributed by atoms with Crippen LogP contribution in [-0.4, -0.2) is 48.0 Å². The molecule has 0 bridgehead atoms. The first-order valence-electron chi connectivity index (χ1n) is 10.6. The molecule has 6 nitrogen and oxygen atoms in total. The van der Waals surface area contributed by atoms with Gasteiger partial charge >= 0.3 is 0 Å². The van der Waals surface area contributed by atoms with Gasteiger partial charge in [-0.3, -0.25) is 0 Å². The van der Waals surface area contributed by atoms with Gasteiger partial charge < -0.3 is 9.88 Å². The van der Waals surface area contributed by atoms with Gasteiger partial charge in [0.05, 0.1) is 6.33 Å². The normalized spacial score (nSPS) is 25.3. The van der Waals surface area contributed by atoms with Crippen LogP contribution in [0.15, 0.2) is 47.9 Å². The van der Waals surface area contributed by atoms with Crippen molar-refractivity contribution in [1.29, 1.82) is 0 Å². The molecule has 0 spiro atoms. The van der Waals surface area contributed by atoms with E-state index in [1.807, 2.05) is 18.2 Å². The maximum atomic E-state index is 13.2. The third kappa shape index (κ3) is 4.42. The first kappa shape index (κ1) is 20.6. The molecule has 1 aromatic carbocycles. The molecule has 1 saturated carbocycles. The van der Waals surface area contributed by atoms with Gasteiger partial charge in [0.15, 0.2) is 5.03 Å². The second kappa shape index (κ2) is 8.20. The minimum atomic E-state index is -3.59. The highest BCUT2D eigenvalue weighted by Gasteiger charge is 2.41. The zero-order valence-corrected chi connectivity index (χ0v) is 18.2. The number of imidazole rings is 1. The molecule has 7 heteroatoms. The van der Waals surface area contributed by atoms with E-state index >= 15 is 0 Å². The molecule has 0 unspecified atom stereocenters. The topological polar surface area (TPSA) is 67.2 Å². The fraction of sp³-hybridized carbons (Fsp3) is 0.591. The molecule has 29 heavy (non-hydrogen) atoms. The summed E-state index contributed by atoms with van der Waals surface area (Å²) in [7, 11) is -1.80. The lowest BCUT2D eigenvalue weighted by Gasteiger charge is -2.35. The Bertz CT molecular complexity index is 919. The zero-order valence-electron chi connectivity index (χ0n) is 17.4. The summed E-state index contributed by atoms with van der Waals surface area (Å²) < 4.78 is 29.6. The van der Waals surface area contributed by atoms with Crippen molar-refractivity contribution >= 4 is 10.0 Å². The van der Waals surface area contributed by atoms with Crippen LogP contribution in [0.5, 0.6) is 0 Å². The summed E-state index contributed by atoms with van der Waals surface area (Å²) in [5.41, 5.74) is 1.50. The molecular formula is C22H32N4O2S. The highest BCUT2D eigenvalue weighted by molar-refractivity contribution is 7.89. The number of aromatic nitrogens is 2. The summed E-state index contributed by atoms with van der Waals surface area (Å²) >= 11 is 0. The van der Waals surface area contributed by atoms with Crippen molar-refractivity contribution < 1.29 is 8.42 Å². The Labute approximate surface area is 174 Å². The van der Waals surface area contributed by atoms with Crippen LogP contribution in [0.3, 0.4) is 0 Å². The molecule has 1 aromatic heterocycles. The van der Waals surface area contributed by atoms with Crippen LogP contribution in [0.25, 0.3) is 0 Å². The van der Waals surface area contributed by atoms with Gasteiger partial charge in [0, 0.05) is 44.8 Å². The largest absolute Gasteiger partial charge is 0.339 e. The lowest BCUT2D eigenvalue weighted by molar-refractivity contribution is 0.199. The predicted molar refractivity (Wildman–Crippen MR) is 114 cm³/mol. The van der Waals surface area contributed by atoms with Gasteiger partial charge in [-0.15, -0.1) is 0 Å². The standard InChI is InChI=1S/C22H32N4O2S/c1-22(11-7-4-8-12-22)16-23-20-14-26(13-19(20)18-9-5-3-6-10-18)29(27,28)21-15-25(2)17-24-21/h3,5-6,9-10,15,17,19-20,23H,4,7-8,11-14,16H2,1-2H3/t19-,20+/m1/s1. The summed E-state index contributed by atoms with van der Waals surface area (Å²) in [6, 6.07) is 10.4. The number of hydrogen-bond acceptors (Lipinski definition) is 4. The van der Waals surface area contributed by atoms with Crippen molar-refractivity contribution in [2.24, 2.45) is 12.5 Å². The third-order valence-electron chi connectivity index (χ3n) is 6.65. The number of hydrogen-bond donors (Lipinski definition) is 1. The minimum Gasteiger partial charge on any atom is -0.339 e. The molecule has 0 radical (unpaired) electrons. The molecule has 1 aliphatic heterocycles. The van der Waals surface area contributed by atoms with Gasteiger partial charge in [0.25, 0.3) is 10.0 Å². The van der Waals surface area contributed by atoms with Crippen molar-refractivity contribution in [2.45, 2.75) is 56.0 Å². The van der Waals surface area contributed by atoms with Crippen molar-refractivity contribution in [3.8, 4) is 0 Å². The number of benzene rings is 1. The highest BCUT2D eigenvalue weighted by atomic mass is 32.2. The van der Waals surface area contributed by atoms with E-state index < -0.39 is 10.0 Å². The number of aryl methyl sites for hydroxylation is 1. The van der Waals surface area contributed by atoms with Gasteiger partial charge in [-0.1, -0.05) is 56.5 Å². The second-order valence-electron chi connectivity index (χ2n) is 9.08. The summed E-state index contributed by atoms with van der Waals surface area (Å²) in [4.78, 5) is 4.10. The van der Waals surface area contributed by atoms with Gasteiger partial charge in [-0.05, 0) is 23.8 Å². The maximum absolute atomic E-state index is 13.2. The van der Waals surface area contributed by atoms with Crippen molar-refractivity contribution in [2.75, 3.05) is 19.6 Å². The summed E-state index contributed by atoms with van der Waals surface area (Å²) in [5.74, 6) is 0.141. The van der Waals surface area contributed by atoms with Gasteiger partial charge in [-0.2, -0.15) is 4.31 Å². The molecule has 2 fully saturated rings. The van der Waals surface area contributed by atoms with Crippen LogP contribution in [-0.2, 0) is 17.1 Å². The Kier molecular flexibility index (Phi) is 5.82. The van der Waals surface area contributed by atoms with Crippen molar-refractivity contribution in [3.63, 3.8) is 0 Å². The van der Waals surface area contributed by atoms with Crippen LogP contribution >= 0.6 is 0 Å². The van der Waals surface area contributed by atoms with Crippen molar-refractivity contribution in [1.82, 2.24) is 19.2 Å². The quantitative estimate of drug-likeness (QED) is 0.786. The number of nitrogens with one attached hydrogen (secondary N) is 1. The van der Waals surface area contributed by atoms with Crippen molar-refractivity contribution in [3.05, 3.63) is 48.4 Å². The molecule has 1 N–H and O–H groups in total. The van der Waals surface area contributed by atoms with Gasteiger partial charge in [-0.25, -0.2) is 13.4 Å². The maximum Gasteiger partial charge on any atom is 0.262 e. The lowest BCUT2D eigenvalue weighted by Crippen LogP contribution is -2.43. The Balaban J connectivity index is 1.54. The summed E-state index contributed by atoms with van der Waals surface area (Å²) in [6.07, 6.45) is 9.54. The van der Waals surface area contributed by atoms with Crippen LogP contribution < -0.4 is 5.32 Å². The van der Waals surface area contributed by atoms with E-state index in [4.69, 9.17) is 0 Å². The molecule has 1 saturated heterocycles. The fourth-order valence-electron chi connectivity index (χ4n) is 4.82. The van der Waals surface area contributed by atoms with E-state index in [1.54, 1.807) is 22.1 Å². The fourth-order valence-corrected chi connectivity index (χ4v) is 6.28. The highest BCUT2D eigenvalue weighted by Crippen LogP contribution is 2.36. The zero-order chi connectivity index (χ0) is 20.5. The number of nitrogens with zero attached hydrogens (tertiary/aromatic N) is 3. The molecule has 4 rings (SSSR count). The molecule has 0 amide bonds. The molecular weight excluding hydrogens is 384 g/mol. The van der Waals surface area contributed by atoms with E-state index in [0.29, 0.717) is 18.5 Å². The van der Waals surface area contributed by atoms with Crippen LogP contribution in [0.4, 0.5) is 0 Å². The SMILES string of the molecule is Cn1cnc(S(=O)(=O)N2C[C@H](NCC3(C)CCCCC3)[C@@H](c3ccccc3)C2)c1. The lowest BCUT2D eigenvalue weighted by atomic mass is 9.75. The minimum absolute atomic E-state index is 0.106. The van der Waals surface area contributed by atoms with Crippen LogP contribution in [0.1, 0.15) is 50.5 Å². The third-order valence-corrected chi connectivity index (χ3v) is 8.37. The van der Waals surface area contributed by atoms with E-state index in [2.05, 4.69) is 29.4 Å². The molecule has 2 atom stereocenters. The number of sulfonamides is 1. The molecule has 2 aliphatic rings. The van der Waals surface area contributed by atoms with Crippen LogP contribution in [0, 0.1) is 5.41 Å². The van der Waals surface area contributed by atoms with E-state index in [0.717, 1.165) is 6.54 Å². The first-order chi connectivity index (χ1) is 13.9. The Morgan fingerprint density at radius 2 is 1.86 bits per heavy atom. The Morgan fingerprint density at radius 3 is 2.52 bits per heavy atom. The van der Waals surface area contributed by atoms with Gasteiger partial charge in [0.1, 0.15) is 0 Å². The average Bonchev–Trinajstić information content (AvgIpc) is 3.35. The van der Waals surface area contributed by atoms with E-state index in [1.165, 1.54) is 44.0 Å². The molecule has 1 aliphatic carbocycles. The Hall–Kier alpha value is -1.70. The average molecular weight is 417 g/mol. The van der Waals surface area contributed by atoms with E-state index in [9.17, 15) is 8.42 Å². The van der Waals surface area contributed by atoms with E-state index in [-0.39, 0.29) is 17.0 Å². The Morgan fingerprint density at radius 1 is 1.14 bits per heavy atom. The molecule has 2 aromatic rings. The molecule has 158 valence electrons. The molecule has 2 heterocycles. The summed E-state index contributed by atoms with van der Waals surface area (Å²) in [6.45, 7) is 4.28. The smallest absolute Gasteiger partial charge is 0.262 e.